The first kappa shape index (κ1) is 11.0. The fraction of sp³-hybridized carbons (Fsp3) is 0.200. The van der Waals surface area contributed by atoms with E-state index in [-0.39, 0.29) is 0 Å². The molecular formula is C15H13NO2. The molecule has 3 rings (SSSR count). The molecule has 0 bridgehead atoms. The number of carbonyl (C=O) groups is 1. The smallest absolute Gasteiger partial charge is 0.213 e. The predicted molar refractivity (Wildman–Crippen MR) is 68.6 cm³/mol. The number of Topliss-reactive ketones (excluding diaryl/α,β-unsaturated/α-hetero) is 1. The molecule has 3 nitrogen and oxygen atoms in total. The van der Waals surface area contributed by atoms with E-state index >= 15 is 0 Å². The highest BCUT2D eigenvalue weighted by Crippen LogP contribution is 2.27. The molecule has 1 aromatic carbocycles. The van der Waals surface area contributed by atoms with E-state index in [1.807, 2.05) is 24.3 Å². The van der Waals surface area contributed by atoms with Crippen molar-refractivity contribution < 1.29 is 9.53 Å². The first-order valence-corrected chi connectivity index (χ1v) is 5.90. The van der Waals surface area contributed by atoms with Crippen molar-refractivity contribution in [2.45, 2.75) is 12.8 Å². The van der Waals surface area contributed by atoms with Crippen LogP contribution in [0.5, 0.6) is 5.88 Å². The second-order valence-electron chi connectivity index (χ2n) is 4.46. The van der Waals surface area contributed by atoms with Crippen LogP contribution in [0.1, 0.15) is 11.1 Å². The van der Waals surface area contributed by atoms with Gasteiger partial charge < -0.3 is 4.74 Å². The van der Waals surface area contributed by atoms with E-state index < -0.39 is 0 Å². The molecule has 0 atom stereocenters. The first-order valence-electron chi connectivity index (χ1n) is 5.90. The van der Waals surface area contributed by atoms with E-state index in [2.05, 4.69) is 11.1 Å². The molecule has 90 valence electrons. The van der Waals surface area contributed by atoms with Gasteiger partial charge in [0.15, 0.2) is 0 Å². The Hall–Kier alpha value is -2.16. The van der Waals surface area contributed by atoms with Crippen molar-refractivity contribution in [3.63, 3.8) is 0 Å². The minimum Gasteiger partial charge on any atom is -0.481 e. The summed E-state index contributed by atoms with van der Waals surface area (Å²) in [5, 5.41) is 0. The number of ketones is 1. The van der Waals surface area contributed by atoms with Crippen LogP contribution in [0.4, 0.5) is 0 Å². The molecule has 1 aromatic heterocycles. The van der Waals surface area contributed by atoms with Crippen molar-refractivity contribution in [2.75, 3.05) is 7.11 Å². The zero-order valence-corrected chi connectivity index (χ0v) is 10.1. The molecule has 1 aliphatic rings. The van der Waals surface area contributed by atoms with Crippen LogP contribution in [0.25, 0.3) is 11.1 Å². The lowest BCUT2D eigenvalue weighted by atomic mass is 10.0. The van der Waals surface area contributed by atoms with Gasteiger partial charge in [-0.2, -0.15) is 0 Å². The molecule has 1 heterocycles. The molecule has 18 heavy (non-hydrogen) atoms. The van der Waals surface area contributed by atoms with Gasteiger partial charge in [0.25, 0.3) is 0 Å². The molecule has 2 aromatic rings. The van der Waals surface area contributed by atoms with Gasteiger partial charge in [-0.3, -0.25) is 4.79 Å². The Morgan fingerprint density at radius 3 is 2.67 bits per heavy atom. The summed E-state index contributed by atoms with van der Waals surface area (Å²) in [7, 11) is 1.60. The first-order chi connectivity index (χ1) is 8.76. The Bertz CT molecular complexity index is 620. The number of rotatable bonds is 2. The SMILES string of the molecule is COc1cc(-c2ccc3c(c2)CC(=O)C3)ccn1. The topological polar surface area (TPSA) is 39.2 Å². The largest absolute Gasteiger partial charge is 0.481 e. The van der Waals surface area contributed by atoms with E-state index in [4.69, 9.17) is 4.74 Å². The molecule has 0 spiro atoms. The number of benzene rings is 1. The average Bonchev–Trinajstić information content (AvgIpc) is 2.77. The summed E-state index contributed by atoms with van der Waals surface area (Å²) in [6.45, 7) is 0. The molecule has 0 fully saturated rings. The van der Waals surface area contributed by atoms with Crippen LogP contribution in [0.3, 0.4) is 0 Å². The van der Waals surface area contributed by atoms with Crippen molar-refractivity contribution >= 4 is 5.78 Å². The Morgan fingerprint density at radius 1 is 1.06 bits per heavy atom. The highest BCUT2D eigenvalue weighted by Gasteiger charge is 2.18. The van der Waals surface area contributed by atoms with Crippen molar-refractivity contribution in [2.24, 2.45) is 0 Å². The summed E-state index contributed by atoms with van der Waals surface area (Å²) < 4.78 is 5.12. The molecule has 0 N–H and O–H groups in total. The van der Waals surface area contributed by atoms with Gasteiger partial charge in [0.05, 0.1) is 7.11 Å². The summed E-state index contributed by atoms with van der Waals surface area (Å²) in [5.41, 5.74) is 4.46. The number of ether oxygens (including phenoxy) is 1. The second kappa shape index (κ2) is 4.26. The molecule has 0 saturated carbocycles. The number of hydrogen-bond acceptors (Lipinski definition) is 3. The summed E-state index contributed by atoms with van der Waals surface area (Å²) in [6, 6.07) is 10.0. The van der Waals surface area contributed by atoms with E-state index in [0.717, 1.165) is 22.3 Å². The van der Waals surface area contributed by atoms with E-state index in [9.17, 15) is 4.79 Å². The van der Waals surface area contributed by atoms with Gasteiger partial charge in [-0.05, 0) is 28.3 Å². The highest BCUT2D eigenvalue weighted by molar-refractivity contribution is 5.88. The summed E-state index contributed by atoms with van der Waals surface area (Å²) in [6.07, 6.45) is 2.87. The van der Waals surface area contributed by atoms with Crippen LogP contribution in [0.15, 0.2) is 36.5 Å². The zero-order valence-electron chi connectivity index (χ0n) is 10.1. The maximum absolute atomic E-state index is 11.4. The summed E-state index contributed by atoms with van der Waals surface area (Å²) in [5.74, 6) is 0.901. The number of hydrogen-bond donors (Lipinski definition) is 0. The standard InChI is InChI=1S/C15H13NO2/c1-18-15-9-12(4-5-16-15)10-2-3-11-7-14(17)8-13(11)6-10/h2-6,9H,7-8H2,1H3. The number of aromatic nitrogens is 1. The Morgan fingerprint density at radius 2 is 1.83 bits per heavy atom. The van der Waals surface area contributed by atoms with Gasteiger partial charge in [0, 0.05) is 25.1 Å². The molecule has 1 aliphatic carbocycles. The highest BCUT2D eigenvalue weighted by atomic mass is 16.5. The van der Waals surface area contributed by atoms with Crippen molar-refractivity contribution in [1.29, 1.82) is 0 Å². The van der Waals surface area contributed by atoms with Gasteiger partial charge in [0.1, 0.15) is 5.78 Å². The van der Waals surface area contributed by atoms with Crippen LogP contribution in [-0.4, -0.2) is 17.9 Å². The minimum atomic E-state index is 0.300. The maximum Gasteiger partial charge on any atom is 0.213 e. The predicted octanol–water partition coefficient (Wildman–Crippen LogP) is 2.42. The molecule has 0 saturated heterocycles. The third-order valence-electron chi connectivity index (χ3n) is 3.26. The normalized spacial score (nSPS) is 13.5. The third-order valence-corrected chi connectivity index (χ3v) is 3.26. The van der Waals surface area contributed by atoms with E-state index in [0.29, 0.717) is 24.5 Å². The zero-order chi connectivity index (χ0) is 12.5. The lowest BCUT2D eigenvalue weighted by Gasteiger charge is -2.06. The van der Waals surface area contributed by atoms with Crippen molar-refractivity contribution in [3.8, 4) is 17.0 Å². The average molecular weight is 239 g/mol. The molecule has 3 heteroatoms. The number of carbonyl (C=O) groups excluding carboxylic acids is 1. The Balaban J connectivity index is 2.02. The number of nitrogens with zero attached hydrogens (tertiary/aromatic N) is 1. The van der Waals surface area contributed by atoms with Gasteiger partial charge in [-0.25, -0.2) is 4.98 Å². The van der Waals surface area contributed by atoms with Crippen molar-refractivity contribution in [1.82, 2.24) is 4.98 Å². The fourth-order valence-electron chi connectivity index (χ4n) is 2.33. The second-order valence-corrected chi connectivity index (χ2v) is 4.46. The lowest BCUT2D eigenvalue weighted by Crippen LogP contribution is -1.92. The molecular weight excluding hydrogens is 226 g/mol. The maximum atomic E-state index is 11.4. The van der Waals surface area contributed by atoms with Gasteiger partial charge in [-0.1, -0.05) is 18.2 Å². The lowest BCUT2D eigenvalue weighted by molar-refractivity contribution is -0.117. The van der Waals surface area contributed by atoms with Crippen LogP contribution < -0.4 is 4.74 Å². The molecule has 0 amide bonds. The van der Waals surface area contributed by atoms with Gasteiger partial charge >= 0.3 is 0 Å². The van der Waals surface area contributed by atoms with Crippen LogP contribution in [0, 0.1) is 0 Å². The molecule has 0 radical (unpaired) electrons. The van der Waals surface area contributed by atoms with Gasteiger partial charge in [-0.15, -0.1) is 0 Å². The third kappa shape index (κ3) is 1.88. The van der Waals surface area contributed by atoms with Crippen LogP contribution in [0.2, 0.25) is 0 Å². The number of pyridine rings is 1. The Labute approximate surface area is 105 Å². The fourth-order valence-corrected chi connectivity index (χ4v) is 2.33. The summed E-state index contributed by atoms with van der Waals surface area (Å²) >= 11 is 0. The number of methoxy groups -OCH3 is 1. The summed E-state index contributed by atoms with van der Waals surface area (Å²) in [4.78, 5) is 15.5. The molecule has 0 aliphatic heterocycles. The van der Waals surface area contributed by atoms with E-state index in [1.165, 1.54) is 0 Å². The molecule has 0 unspecified atom stereocenters. The Kier molecular flexibility index (Phi) is 2.59. The quantitative estimate of drug-likeness (QED) is 0.808. The minimum absolute atomic E-state index is 0.300. The van der Waals surface area contributed by atoms with Crippen LogP contribution >= 0.6 is 0 Å². The number of fused-ring (bicyclic) bond motifs is 1. The van der Waals surface area contributed by atoms with Crippen LogP contribution in [-0.2, 0) is 17.6 Å². The van der Waals surface area contributed by atoms with E-state index in [1.54, 1.807) is 13.3 Å². The monoisotopic (exact) mass is 239 g/mol. The van der Waals surface area contributed by atoms with Crippen molar-refractivity contribution in [3.05, 3.63) is 47.7 Å². The van der Waals surface area contributed by atoms with Gasteiger partial charge in [0.2, 0.25) is 5.88 Å².